The Morgan fingerprint density at radius 3 is 2.57 bits per heavy atom. The topological polar surface area (TPSA) is 53.7 Å². The van der Waals surface area contributed by atoms with Crippen molar-refractivity contribution in [2.24, 2.45) is 4.99 Å². The molecule has 0 unspecified atom stereocenters. The number of aliphatic imine (C=N–C) groups is 1. The number of hydrogen-bond acceptors (Lipinski definition) is 5. The zero-order chi connectivity index (χ0) is 24.9. The SMILES string of the molecule is CN1C(=O)c2c(cn(Cc3ccc(-c4ccccn4)cc3)c2Sc2ccccc2)N2C1=N[C@@H]1CCC[C@@H]12. The van der Waals surface area contributed by atoms with Crippen LogP contribution in [-0.4, -0.2) is 45.4 Å². The maximum Gasteiger partial charge on any atom is 0.265 e. The van der Waals surface area contributed by atoms with Crippen molar-refractivity contribution >= 4 is 29.3 Å². The van der Waals surface area contributed by atoms with Crippen LogP contribution < -0.4 is 4.90 Å². The Morgan fingerprint density at radius 1 is 0.973 bits per heavy atom. The fraction of sp³-hybridized carbons (Fsp3) is 0.233. The smallest absolute Gasteiger partial charge is 0.265 e. The zero-order valence-corrected chi connectivity index (χ0v) is 21.4. The van der Waals surface area contributed by atoms with Gasteiger partial charge in [-0.25, -0.2) is 4.99 Å². The van der Waals surface area contributed by atoms with E-state index >= 15 is 0 Å². The first-order valence-electron chi connectivity index (χ1n) is 12.8. The first-order valence-corrected chi connectivity index (χ1v) is 13.6. The standard InChI is InChI=1S/C30H27N5OS/c1-33-28(36)27-26(35-25-12-7-11-24(25)32-30(33)35)19-34(29(27)37-22-8-3-2-4-9-22)18-20-13-15-21(16-14-20)23-10-5-6-17-31-23/h2-6,8-10,13-17,19,24-25H,7,11-12,18H2,1H3/t24-,25+/m1/s1. The summed E-state index contributed by atoms with van der Waals surface area (Å²) in [6, 6.07) is 25.5. The molecule has 37 heavy (non-hydrogen) atoms. The lowest BCUT2D eigenvalue weighted by Gasteiger charge is -2.35. The van der Waals surface area contributed by atoms with Gasteiger partial charge in [0.15, 0.2) is 0 Å². The number of amides is 1. The average Bonchev–Trinajstić information content (AvgIpc) is 3.63. The van der Waals surface area contributed by atoms with Gasteiger partial charge in [-0.15, -0.1) is 0 Å². The number of fused-ring (bicyclic) bond motifs is 5. The molecule has 1 aliphatic carbocycles. The minimum Gasteiger partial charge on any atom is -0.335 e. The number of hydrogen-bond donors (Lipinski definition) is 0. The van der Waals surface area contributed by atoms with Gasteiger partial charge in [-0.2, -0.15) is 0 Å². The Morgan fingerprint density at radius 2 is 1.78 bits per heavy atom. The van der Waals surface area contributed by atoms with E-state index in [2.05, 4.69) is 57.0 Å². The second kappa shape index (κ2) is 8.92. The molecule has 0 spiro atoms. The summed E-state index contributed by atoms with van der Waals surface area (Å²) in [5, 5.41) is 0.979. The van der Waals surface area contributed by atoms with Crippen molar-refractivity contribution < 1.29 is 4.79 Å². The third-order valence-electron chi connectivity index (χ3n) is 7.58. The third-order valence-corrected chi connectivity index (χ3v) is 8.72. The molecule has 0 bridgehead atoms. The van der Waals surface area contributed by atoms with Gasteiger partial charge < -0.3 is 9.47 Å². The van der Waals surface area contributed by atoms with Crippen LogP contribution >= 0.6 is 11.8 Å². The van der Waals surface area contributed by atoms with E-state index in [1.165, 1.54) is 12.0 Å². The minimum absolute atomic E-state index is 0.0210. The summed E-state index contributed by atoms with van der Waals surface area (Å²) in [7, 11) is 1.86. The molecule has 2 aliphatic heterocycles. The van der Waals surface area contributed by atoms with Crippen LogP contribution in [0, 0.1) is 0 Å². The van der Waals surface area contributed by atoms with Crippen LogP contribution in [0.15, 0.2) is 100 Å². The predicted octanol–water partition coefficient (Wildman–Crippen LogP) is 5.93. The fourth-order valence-electron chi connectivity index (χ4n) is 5.77. The van der Waals surface area contributed by atoms with Crippen LogP contribution in [0.1, 0.15) is 35.2 Å². The molecule has 2 atom stereocenters. The van der Waals surface area contributed by atoms with Gasteiger partial charge in [0.2, 0.25) is 5.96 Å². The van der Waals surface area contributed by atoms with Crippen molar-refractivity contribution in [2.75, 3.05) is 11.9 Å². The van der Waals surface area contributed by atoms with Crippen LogP contribution in [0.4, 0.5) is 5.69 Å². The first kappa shape index (κ1) is 22.4. The first-order chi connectivity index (χ1) is 18.2. The van der Waals surface area contributed by atoms with Crippen molar-refractivity contribution in [3.05, 3.63) is 96.3 Å². The Bertz CT molecular complexity index is 1500. The molecule has 1 fully saturated rings. The maximum atomic E-state index is 13.7. The second-order valence-electron chi connectivity index (χ2n) is 9.88. The zero-order valence-electron chi connectivity index (χ0n) is 20.6. The summed E-state index contributed by atoms with van der Waals surface area (Å²) in [6.45, 7) is 0.677. The predicted molar refractivity (Wildman–Crippen MR) is 147 cm³/mol. The van der Waals surface area contributed by atoms with E-state index in [1.54, 1.807) is 16.7 Å². The van der Waals surface area contributed by atoms with Crippen LogP contribution in [0.25, 0.3) is 11.3 Å². The molecular formula is C30H27N5OS. The van der Waals surface area contributed by atoms with Crippen LogP contribution in [0.2, 0.25) is 0 Å². The number of anilines is 1. The number of pyridine rings is 1. The number of guanidine groups is 1. The molecule has 1 saturated carbocycles. The van der Waals surface area contributed by atoms with E-state index in [4.69, 9.17) is 4.99 Å². The molecule has 7 rings (SSSR count). The van der Waals surface area contributed by atoms with Crippen LogP contribution in [0.5, 0.6) is 0 Å². The molecule has 1 amide bonds. The third kappa shape index (κ3) is 3.76. The molecule has 0 saturated heterocycles. The highest BCUT2D eigenvalue weighted by molar-refractivity contribution is 7.99. The molecule has 4 aromatic rings. The quantitative estimate of drug-likeness (QED) is 0.337. The van der Waals surface area contributed by atoms with Crippen molar-refractivity contribution in [2.45, 2.75) is 47.8 Å². The summed E-state index contributed by atoms with van der Waals surface area (Å²) in [5.41, 5.74) is 5.02. The Labute approximate surface area is 220 Å². The molecule has 7 heteroatoms. The molecular weight excluding hydrogens is 478 g/mol. The second-order valence-corrected chi connectivity index (χ2v) is 10.9. The van der Waals surface area contributed by atoms with Gasteiger partial charge in [0.1, 0.15) is 0 Å². The number of carbonyl (C=O) groups is 1. The molecule has 2 aromatic heterocycles. The Balaban J connectivity index is 1.30. The summed E-state index contributed by atoms with van der Waals surface area (Å²) >= 11 is 1.66. The van der Waals surface area contributed by atoms with Gasteiger partial charge in [-0.05, 0) is 49.1 Å². The van der Waals surface area contributed by atoms with Gasteiger partial charge in [0.25, 0.3) is 5.91 Å². The highest BCUT2D eigenvalue weighted by Crippen LogP contribution is 2.45. The molecule has 0 N–H and O–H groups in total. The number of rotatable bonds is 5. The minimum atomic E-state index is 0.0210. The molecule has 6 nitrogen and oxygen atoms in total. The van der Waals surface area contributed by atoms with Crippen LogP contribution in [-0.2, 0) is 6.54 Å². The number of benzene rings is 2. The van der Waals surface area contributed by atoms with Crippen molar-refractivity contribution in [3.63, 3.8) is 0 Å². The Hall–Kier alpha value is -3.84. The average molecular weight is 506 g/mol. The lowest BCUT2D eigenvalue weighted by Crippen LogP contribution is -2.51. The largest absolute Gasteiger partial charge is 0.335 e. The summed E-state index contributed by atoms with van der Waals surface area (Å²) in [5.74, 6) is 0.827. The van der Waals surface area contributed by atoms with E-state index in [0.717, 1.165) is 51.2 Å². The summed E-state index contributed by atoms with van der Waals surface area (Å²) in [4.78, 5) is 28.4. The van der Waals surface area contributed by atoms with E-state index in [9.17, 15) is 4.79 Å². The van der Waals surface area contributed by atoms with Gasteiger partial charge in [0, 0.05) is 36.4 Å². The summed E-state index contributed by atoms with van der Waals surface area (Å²) in [6.07, 6.45) is 7.38. The highest BCUT2D eigenvalue weighted by atomic mass is 32.2. The number of nitrogens with zero attached hydrogens (tertiary/aromatic N) is 5. The molecule has 4 heterocycles. The van der Waals surface area contributed by atoms with Crippen molar-refractivity contribution in [1.82, 2.24) is 14.5 Å². The molecule has 184 valence electrons. The van der Waals surface area contributed by atoms with Crippen LogP contribution in [0.3, 0.4) is 0 Å². The van der Waals surface area contributed by atoms with E-state index in [1.807, 2.05) is 49.6 Å². The molecule has 3 aliphatic rings. The summed E-state index contributed by atoms with van der Waals surface area (Å²) < 4.78 is 2.25. The van der Waals surface area contributed by atoms with E-state index in [0.29, 0.717) is 12.6 Å². The lowest BCUT2D eigenvalue weighted by molar-refractivity contribution is 0.0861. The molecule has 2 aromatic carbocycles. The van der Waals surface area contributed by atoms with Gasteiger partial charge >= 0.3 is 0 Å². The Kier molecular flexibility index (Phi) is 5.39. The normalized spacial score (nSPS) is 20.0. The molecule has 0 radical (unpaired) electrons. The monoisotopic (exact) mass is 505 g/mol. The van der Waals surface area contributed by atoms with E-state index < -0.39 is 0 Å². The van der Waals surface area contributed by atoms with Gasteiger partial charge in [-0.1, -0.05) is 60.3 Å². The van der Waals surface area contributed by atoms with Gasteiger partial charge in [-0.3, -0.25) is 14.7 Å². The number of aromatic nitrogens is 2. The maximum absolute atomic E-state index is 13.7. The fourth-order valence-corrected chi connectivity index (χ4v) is 6.82. The van der Waals surface area contributed by atoms with Crippen molar-refractivity contribution in [1.29, 1.82) is 0 Å². The lowest BCUT2D eigenvalue weighted by atomic mass is 10.1. The van der Waals surface area contributed by atoms with Crippen molar-refractivity contribution in [3.8, 4) is 11.3 Å². The van der Waals surface area contributed by atoms with Gasteiger partial charge in [0.05, 0.1) is 34.1 Å². The number of carbonyl (C=O) groups excluding carboxylic acids is 1. The van der Waals surface area contributed by atoms with E-state index in [-0.39, 0.29) is 11.9 Å². The highest BCUT2D eigenvalue weighted by Gasteiger charge is 2.48.